The average molecular weight is 297 g/mol. The van der Waals surface area contributed by atoms with Gasteiger partial charge in [-0.2, -0.15) is 5.10 Å². The number of methoxy groups -OCH3 is 1. The molecule has 2 heterocycles. The van der Waals surface area contributed by atoms with Crippen molar-refractivity contribution >= 4 is 11.9 Å². The third-order valence-corrected chi connectivity index (χ3v) is 3.43. The fourth-order valence-electron chi connectivity index (χ4n) is 2.37. The first-order valence-electron chi connectivity index (χ1n) is 6.73. The monoisotopic (exact) mass is 297 g/mol. The number of aliphatic carboxylic acids is 1. The zero-order valence-corrected chi connectivity index (χ0v) is 12.1. The Hall–Kier alpha value is -1.93. The molecule has 8 nitrogen and oxygen atoms in total. The van der Waals surface area contributed by atoms with Crippen molar-refractivity contribution in [1.82, 2.24) is 14.7 Å². The molecular weight excluding hydrogens is 278 g/mol. The molecule has 0 bridgehead atoms. The van der Waals surface area contributed by atoms with Crippen LogP contribution in [0.15, 0.2) is 12.4 Å². The standard InChI is InChI=1S/C13H19N3O5/c1-3-15-7-9(6-14-15)11-12(13(18)19)21-8-10(17)16(11)4-5-20-2/h6-7,11-12H,3-5,8H2,1-2H3,(H,18,19). The highest BCUT2D eigenvalue weighted by Gasteiger charge is 2.42. The normalized spacial score (nSPS) is 22.6. The van der Waals surface area contributed by atoms with E-state index in [0.717, 1.165) is 0 Å². The maximum atomic E-state index is 12.1. The van der Waals surface area contributed by atoms with E-state index in [1.807, 2.05) is 6.92 Å². The highest BCUT2D eigenvalue weighted by atomic mass is 16.5. The summed E-state index contributed by atoms with van der Waals surface area (Å²) in [6.45, 7) is 2.99. The number of morpholine rings is 1. The van der Waals surface area contributed by atoms with Crippen LogP contribution < -0.4 is 0 Å². The number of nitrogens with zero attached hydrogens (tertiary/aromatic N) is 3. The van der Waals surface area contributed by atoms with E-state index in [0.29, 0.717) is 25.3 Å². The summed E-state index contributed by atoms with van der Waals surface area (Å²) >= 11 is 0. The first-order valence-corrected chi connectivity index (χ1v) is 6.73. The van der Waals surface area contributed by atoms with Crippen molar-refractivity contribution in [1.29, 1.82) is 0 Å². The first kappa shape index (κ1) is 15.5. The Morgan fingerprint density at radius 3 is 2.95 bits per heavy atom. The smallest absolute Gasteiger partial charge is 0.335 e. The van der Waals surface area contributed by atoms with Gasteiger partial charge in [0, 0.05) is 32.0 Å². The van der Waals surface area contributed by atoms with Gasteiger partial charge in [0.25, 0.3) is 0 Å². The molecule has 8 heteroatoms. The lowest BCUT2D eigenvalue weighted by Gasteiger charge is -2.38. The molecule has 1 aromatic rings. The number of hydrogen-bond acceptors (Lipinski definition) is 5. The van der Waals surface area contributed by atoms with E-state index in [2.05, 4.69) is 5.10 Å². The molecule has 1 aliphatic heterocycles. The number of carboxylic acid groups (broad SMARTS) is 1. The number of hydrogen-bond donors (Lipinski definition) is 1. The summed E-state index contributed by atoms with van der Waals surface area (Å²) in [4.78, 5) is 25.0. The number of carboxylic acids is 1. The van der Waals surface area contributed by atoms with Crippen molar-refractivity contribution in [3.8, 4) is 0 Å². The van der Waals surface area contributed by atoms with Gasteiger partial charge in [0.15, 0.2) is 6.10 Å². The van der Waals surface area contributed by atoms with Crippen molar-refractivity contribution < 1.29 is 24.2 Å². The van der Waals surface area contributed by atoms with Crippen LogP contribution in [0.25, 0.3) is 0 Å². The van der Waals surface area contributed by atoms with Gasteiger partial charge < -0.3 is 19.5 Å². The Kier molecular flexibility index (Phi) is 4.92. The van der Waals surface area contributed by atoms with E-state index in [1.54, 1.807) is 17.1 Å². The average Bonchev–Trinajstić information content (AvgIpc) is 2.93. The number of carbonyl (C=O) groups is 2. The number of ether oxygens (including phenoxy) is 2. The second-order valence-corrected chi connectivity index (χ2v) is 4.72. The SMILES string of the molecule is CCn1cc(C2C(C(=O)O)OCC(=O)N2CCOC)cn1. The molecular formula is C13H19N3O5. The van der Waals surface area contributed by atoms with Crippen LogP contribution in [0, 0.1) is 0 Å². The topological polar surface area (TPSA) is 93.9 Å². The summed E-state index contributed by atoms with van der Waals surface area (Å²) in [6, 6.07) is -0.695. The zero-order valence-electron chi connectivity index (χ0n) is 12.1. The fraction of sp³-hybridized carbons (Fsp3) is 0.615. The Morgan fingerprint density at radius 2 is 2.38 bits per heavy atom. The van der Waals surface area contributed by atoms with E-state index < -0.39 is 18.1 Å². The maximum Gasteiger partial charge on any atom is 0.335 e. The van der Waals surface area contributed by atoms with Gasteiger partial charge >= 0.3 is 5.97 Å². The number of aromatic nitrogens is 2. The molecule has 2 atom stereocenters. The molecule has 0 saturated carbocycles. The van der Waals surface area contributed by atoms with Crippen LogP contribution in [0.3, 0.4) is 0 Å². The lowest BCUT2D eigenvalue weighted by atomic mass is 10.0. The van der Waals surface area contributed by atoms with Gasteiger partial charge in [0.05, 0.1) is 18.8 Å². The minimum atomic E-state index is -1.10. The van der Waals surface area contributed by atoms with Gasteiger partial charge in [-0.1, -0.05) is 0 Å². The van der Waals surface area contributed by atoms with Gasteiger partial charge in [-0.15, -0.1) is 0 Å². The van der Waals surface area contributed by atoms with Gasteiger partial charge in [-0.3, -0.25) is 9.48 Å². The van der Waals surface area contributed by atoms with E-state index in [9.17, 15) is 14.7 Å². The Morgan fingerprint density at radius 1 is 1.62 bits per heavy atom. The van der Waals surface area contributed by atoms with E-state index in [4.69, 9.17) is 9.47 Å². The minimum absolute atomic E-state index is 0.237. The highest BCUT2D eigenvalue weighted by molar-refractivity contribution is 5.82. The van der Waals surface area contributed by atoms with Crippen LogP contribution in [0.4, 0.5) is 0 Å². The van der Waals surface area contributed by atoms with Gasteiger partial charge in [0.1, 0.15) is 6.61 Å². The molecule has 1 saturated heterocycles. The number of amides is 1. The second kappa shape index (κ2) is 6.68. The summed E-state index contributed by atoms with van der Waals surface area (Å²) in [6.07, 6.45) is 2.21. The van der Waals surface area contributed by atoms with Crippen molar-refractivity contribution in [3.63, 3.8) is 0 Å². The molecule has 1 fully saturated rings. The second-order valence-electron chi connectivity index (χ2n) is 4.72. The van der Waals surface area contributed by atoms with Gasteiger partial charge in [0.2, 0.25) is 5.91 Å². The van der Waals surface area contributed by atoms with E-state index >= 15 is 0 Å². The third-order valence-electron chi connectivity index (χ3n) is 3.43. The molecule has 1 aliphatic rings. The van der Waals surface area contributed by atoms with Crippen LogP contribution in [-0.4, -0.2) is 64.6 Å². The van der Waals surface area contributed by atoms with Crippen LogP contribution in [0.5, 0.6) is 0 Å². The highest BCUT2D eigenvalue weighted by Crippen LogP contribution is 2.30. The minimum Gasteiger partial charge on any atom is -0.479 e. The predicted molar refractivity (Wildman–Crippen MR) is 71.6 cm³/mol. The quantitative estimate of drug-likeness (QED) is 0.788. The summed E-state index contributed by atoms with van der Waals surface area (Å²) < 4.78 is 11.9. The fourth-order valence-corrected chi connectivity index (χ4v) is 2.37. The number of carbonyl (C=O) groups excluding carboxylic acids is 1. The zero-order chi connectivity index (χ0) is 15.4. The van der Waals surface area contributed by atoms with E-state index in [-0.39, 0.29) is 12.5 Å². The summed E-state index contributed by atoms with van der Waals surface area (Å²) in [7, 11) is 1.53. The molecule has 116 valence electrons. The first-order chi connectivity index (χ1) is 10.1. The Bertz CT molecular complexity index is 516. The van der Waals surface area contributed by atoms with Crippen molar-refractivity contribution in [2.24, 2.45) is 0 Å². The molecule has 1 amide bonds. The van der Waals surface area contributed by atoms with Crippen molar-refractivity contribution in [3.05, 3.63) is 18.0 Å². The summed E-state index contributed by atoms with van der Waals surface area (Å²) in [5.41, 5.74) is 0.647. The lowest BCUT2D eigenvalue weighted by Crippen LogP contribution is -2.52. The van der Waals surface area contributed by atoms with Crippen LogP contribution in [-0.2, 0) is 25.6 Å². The molecule has 1 N–H and O–H groups in total. The maximum absolute atomic E-state index is 12.1. The molecule has 0 radical (unpaired) electrons. The predicted octanol–water partition coefficient (Wildman–Crippen LogP) is -0.0975. The largest absolute Gasteiger partial charge is 0.479 e. The molecule has 2 unspecified atom stereocenters. The summed E-state index contributed by atoms with van der Waals surface area (Å²) in [5, 5.41) is 13.5. The number of rotatable bonds is 6. The molecule has 0 spiro atoms. The molecule has 1 aromatic heterocycles. The van der Waals surface area contributed by atoms with Crippen molar-refractivity contribution in [2.75, 3.05) is 26.9 Å². The lowest BCUT2D eigenvalue weighted by molar-refractivity contribution is -0.173. The summed E-state index contributed by atoms with van der Waals surface area (Å²) in [5.74, 6) is -1.35. The molecule has 2 rings (SSSR count). The van der Waals surface area contributed by atoms with Crippen LogP contribution in [0.1, 0.15) is 18.5 Å². The van der Waals surface area contributed by atoms with Crippen LogP contribution in [0.2, 0.25) is 0 Å². The molecule has 0 aliphatic carbocycles. The van der Waals surface area contributed by atoms with Gasteiger partial charge in [-0.05, 0) is 6.92 Å². The Labute approximate surface area is 122 Å². The third kappa shape index (κ3) is 3.22. The molecule has 21 heavy (non-hydrogen) atoms. The van der Waals surface area contributed by atoms with Gasteiger partial charge in [-0.25, -0.2) is 4.79 Å². The van der Waals surface area contributed by atoms with Crippen LogP contribution >= 0.6 is 0 Å². The number of aryl methyl sites for hydroxylation is 1. The Balaban J connectivity index is 2.33. The molecule has 0 aromatic carbocycles. The van der Waals surface area contributed by atoms with E-state index in [1.165, 1.54) is 12.0 Å². The van der Waals surface area contributed by atoms with Crippen molar-refractivity contribution in [2.45, 2.75) is 25.6 Å².